The summed E-state index contributed by atoms with van der Waals surface area (Å²) < 4.78 is 17.4. The van der Waals surface area contributed by atoms with Crippen LogP contribution in [0.25, 0.3) is 0 Å². The molecule has 0 bridgehead atoms. The van der Waals surface area contributed by atoms with Gasteiger partial charge in [-0.1, -0.05) is 13.8 Å². The Morgan fingerprint density at radius 3 is 2.18 bits per heavy atom. The van der Waals surface area contributed by atoms with Crippen molar-refractivity contribution in [2.24, 2.45) is 5.92 Å². The lowest BCUT2D eigenvalue weighted by Gasteiger charge is -2.23. The smallest absolute Gasteiger partial charge is 0.408 e. The van der Waals surface area contributed by atoms with E-state index in [0.29, 0.717) is 6.42 Å². The van der Waals surface area contributed by atoms with E-state index in [1.165, 1.54) is 0 Å². The second-order valence-corrected chi connectivity index (χ2v) is 5.43. The first-order chi connectivity index (χ1) is 7.65. The highest BCUT2D eigenvalue weighted by Crippen LogP contribution is 2.10. The molecule has 0 spiro atoms. The first-order valence-corrected chi connectivity index (χ1v) is 5.74. The molecule has 5 heteroatoms. The van der Waals surface area contributed by atoms with Gasteiger partial charge in [0.25, 0.3) is 0 Å². The number of ketones is 1. The van der Waals surface area contributed by atoms with Gasteiger partial charge in [-0.05, 0) is 33.1 Å². The number of nitrogens with one attached hydrogen (secondary N) is 1. The summed E-state index contributed by atoms with van der Waals surface area (Å²) in [5.74, 6) is -0.435. The number of Topliss-reactive ketones (excluding diaryl/α,β-unsaturated/α-hetero) is 1. The second-order valence-electron chi connectivity index (χ2n) is 5.43. The van der Waals surface area contributed by atoms with Crippen molar-refractivity contribution >= 4 is 11.9 Å². The van der Waals surface area contributed by atoms with Gasteiger partial charge in [0.2, 0.25) is 0 Å². The van der Waals surface area contributed by atoms with Crippen molar-refractivity contribution in [1.29, 1.82) is 0 Å². The van der Waals surface area contributed by atoms with Crippen molar-refractivity contribution in [1.82, 2.24) is 5.32 Å². The van der Waals surface area contributed by atoms with Crippen LogP contribution < -0.4 is 5.32 Å². The minimum Gasteiger partial charge on any atom is -0.444 e. The average Bonchev–Trinajstić information content (AvgIpc) is 2.11. The molecule has 0 aromatic heterocycles. The van der Waals surface area contributed by atoms with Crippen molar-refractivity contribution in [3.05, 3.63) is 0 Å². The summed E-state index contributed by atoms with van der Waals surface area (Å²) in [7, 11) is 0. The van der Waals surface area contributed by atoms with Crippen LogP contribution in [0.15, 0.2) is 0 Å². The molecule has 0 fully saturated rings. The number of rotatable bonds is 5. The second kappa shape index (κ2) is 6.57. The Bertz CT molecular complexity index is 271. The molecule has 0 radical (unpaired) electrons. The fourth-order valence-corrected chi connectivity index (χ4v) is 1.29. The molecular formula is C12H22FNO3. The number of ether oxygens (including phenoxy) is 1. The number of alkyl carbamates (subject to hydrolysis) is 1. The topological polar surface area (TPSA) is 55.4 Å². The number of amides is 1. The van der Waals surface area contributed by atoms with Crippen LogP contribution in [0.3, 0.4) is 0 Å². The zero-order chi connectivity index (χ0) is 13.6. The molecule has 0 saturated carbocycles. The molecule has 0 aliphatic rings. The summed E-state index contributed by atoms with van der Waals surface area (Å²) in [5.41, 5.74) is -0.634. The van der Waals surface area contributed by atoms with Crippen molar-refractivity contribution < 1.29 is 18.7 Å². The van der Waals surface area contributed by atoms with E-state index < -0.39 is 30.2 Å². The summed E-state index contributed by atoms with van der Waals surface area (Å²) in [6.07, 6.45) is -0.285. The SMILES string of the molecule is CC(C)C[C@H](NC(=O)OC(C)(C)C)C(=O)CF. The maximum absolute atomic E-state index is 12.3. The summed E-state index contributed by atoms with van der Waals surface area (Å²) >= 11 is 0. The predicted molar refractivity (Wildman–Crippen MR) is 63.6 cm³/mol. The molecule has 0 aliphatic carbocycles. The van der Waals surface area contributed by atoms with Crippen LogP contribution in [0.4, 0.5) is 9.18 Å². The van der Waals surface area contributed by atoms with Gasteiger partial charge in [-0.2, -0.15) is 0 Å². The van der Waals surface area contributed by atoms with E-state index in [0.717, 1.165) is 0 Å². The molecule has 100 valence electrons. The molecule has 1 atom stereocenters. The van der Waals surface area contributed by atoms with Crippen molar-refractivity contribution in [2.45, 2.75) is 52.7 Å². The van der Waals surface area contributed by atoms with E-state index in [2.05, 4.69) is 5.32 Å². The maximum Gasteiger partial charge on any atom is 0.408 e. The standard InChI is InChI=1S/C12H22FNO3/c1-8(2)6-9(10(15)7-13)14-11(16)17-12(3,4)5/h8-9H,6-7H2,1-5H3,(H,14,16)/t9-/m0/s1. The van der Waals surface area contributed by atoms with Gasteiger partial charge in [0.05, 0.1) is 6.04 Å². The number of alkyl halides is 1. The third-order valence-electron chi connectivity index (χ3n) is 1.92. The van der Waals surface area contributed by atoms with E-state index in [4.69, 9.17) is 4.74 Å². The minimum atomic E-state index is -1.08. The van der Waals surface area contributed by atoms with Crippen LogP contribution in [0.5, 0.6) is 0 Å². The van der Waals surface area contributed by atoms with Gasteiger partial charge in [-0.3, -0.25) is 4.79 Å². The molecule has 0 heterocycles. The zero-order valence-corrected chi connectivity index (χ0v) is 11.2. The molecule has 1 amide bonds. The number of carbonyl (C=O) groups is 2. The maximum atomic E-state index is 12.3. The highest BCUT2D eigenvalue weighted by molar-refractivity contribution is 5.88. The van der Waals surface area contributed by atoms with Crippen molar-refractivity contribution in [3.8, 4) is 0 Å². The monoisotopic (exact) mass is 247 g/mol. The average molecular weight is 247 g/mol. The fourth-order valence-electron chi connectivity index (χ4n) is 1.29. The molecule has 0 aromatic rings. The first-order valence-electron chi connectivity index (χ1n) is 5.74. The van der Waals surface area contributed by atoms with E-state index in [1.807, 2.05) is 13.8 Å². The Balaban J connectivity index is 4.43. The van der Waals surface area contributed by atoms with Crippen LogP contribution in [0, 0.1) is 5.92 Å². The van der Waals surface area contributed by atoms with Crippen LogP contribution >= 0.6 is 0 Å². The van der Waals surface area contributed by atoms with Crippen molar-refractivity contribution in [3.63, 3.8) is 0 Å². The minimum absolute atomic E-state index is 0.186. The number of hydrogen-bond acceptors (Lipinski definition) is 3. The Hall–Kier alpha value is -1.13. The normalized spacial score (nSPS) is 13.4. The van der Waals surface area contributed by atoms with Gasteiger partial charge in [0, 0.05) is 0 Å². The Morgan fingerprint density at radius 1 is 1.29 bits per heavy atom. The summed E-state index contributed by atoms with van der Waals surface area (Å²) in [6, 6.07) is -0.810. The first kappa shape index (κ1) is 15.9. The molecule has 0 unspecified atom stereocenters. The van der Waals surface area contributed by atoms with Crippen LogP contribution in [0.1, 0.15) is 41.0 Å². The molecule has 0 aromatic carbocycles. The number of hydrogen-bond donors (Lipinski definition) is 1. The molecule has 0 aliphatic heterocycles. The molecular weight excluding hydrogens is 225 g/mol. The molecule has 1 N–H and O–H groups in total. The lowest BCUT2D eigenvalue weighted by atomic mass is 10.0. The number of carbonyl (C=O) groups excluding carboxylic acids is 2. The van der Waals surface area contributed by atoms with E-state index in [-0.39, 0.29) is 5.92 Å². The largest absolute Gasteiger partial charge is 0.444 e. The van der Waals surface area contributed by atoms with E-state index >= 15 is 0 Å². The predicted octanol–water partition coefficient (Wildman–Crippen LogP) is 2.46. The quantitative estimate of drug-likeness (QED) is 0.812. The van der Waals surface area contributed by atoms with Gasteiger partial charge in [0.15, 0.2) is 5.78 Å². The molecule has 0 rings (SSSR count). The van der Waals surface area contributed by atoms with E-state index in [9.17, 15) is 14.0 Å². The molecule has 4 nitrogen and oxygen atoms in total. The third-order valence-corrected chi connectivity index (χ3v) is 1.92. The highest BCUT2D eigenvalue weighted by Gasteiger charge is 2.24. The van der Waals surface area contributed by atoms with Crippen molar-refractivity contribution in [2.75, 3.05) is 6.67 Å². The van der Waals surface area contributed by atoms with Crippen LogP contribution in [-0.2, 0) is 9.53 Å². The fraction of sp³-hybridized carbons (Fsp3) is 0.833. The molecule has 0 saturated heterocycles. The van der Waals surface area contributed by atoms with Crippen LogP contribution in [-0.4, -0.2) is 30.2 Å². The summed E-state index contributed by atoms with van der Waals surface area (Å²) in [5, 5.41) is 2.40. The van der Waals surface area contributed by atoms with Gasteiger partial charge < -0.3 is 10.1 Å². The summed E-state index contributed by atoms with van der Waals surface area (Å²) in [4.78, 5) is 22.8. The van der Waals surface area contributed by atoms with Gasteiger partial charge >= 0.3 is 6.09 Å². The molecule has 17 heavy (non-hydrogen) atoms. The van der Waals surface area contributed by atoms with Gasteiger partial charge in [0.1, 0.15) is 12.3 Å². The van der Waals surface area contributed by atoms with Gasteiger partial charge in [-0.15, -0.1) is 0 Å². The Kier molecular flexibility index (Phi) is 6.13. The van der Waals surface area contributed by atoms with Gasteiger partial charge in [-0.25, -0.2) is 9.18 Å². The van der Waals surface area contributed by atoms with E-state index in [1.54, 1.807) is 20.8 Å². The summed E-state index contributed by atoms with van der Waals surface area (Å²) in [6.45, 7) is 7.89. The zero-order valence-electron chi connectivity index (χ0n) is 11.2. The highest BCUT2D eigenvalue weighted by atomic mass is 19.1. The Labute approximate surface area is 102 Å². The lowest BCUT2D eigenvalue weighted by molar-refractivity contribution is -0.122. The number of halogens is 1. The third kappa shape index (κ3) is 7.71. The Morgan fingerprint density at radius 2 is 1.82 bits per heavy atom. The van der Waals surface area contributed by atoms with Crippen LogP contribution in [0.2, 0.25) is 0 Å². The lowest BCUT2D eigenvalue weighted by Crippen LogP contribution is -2.44.